The van der Waals surface area contributed by atoms with Crippen LogP contribution in [0.25, 0.3) is 0 Å². The Balaban J connectivity index is 2.12. The summed E-state index contributed by atoms with van der Waals surface area (Å²) in [5, 5.41) is 5.35. The summed E-state index contributed by atoms with van der Waals surface area (Å²) in [4.78, 5) is 11.5. The minimum Gasteiger partial charge on any atom is -0.369 e. The molecule has 5 heteroatoms. The minimum atomic E-state index is -0.749. The van der Waals surface area contributed by atoms with Crippen molar-refractivity contribution in [1.29, 1.82) is 0 Å². The van der Waals surface area contributed by atoms with Gasteiger partial charge in [0, 0.05) is 6.07 Å². The van der Waals surface area contributed by atoms with Gasteiger partial charge in [-0.25, -0.2) is 8.78 Å². The third-order valence-corrected chi connectivity index (χ3v) is 2.85. The van der Waals surface area contributed by atoms with Crippen molar-refractivity contribution in [1.82, 2.24) is 0 Å². The van der Waals surface area contributed by atoms with E-state index in [4.69, 9.17) is 0 Å². The summed E-state index contributed by atoms with van der Waals surface area (Å²) in [6, 6.07) is 1.95. The number of amides is 1. The summed E-state index contributed by atoms with van der Waals surface area (Å²) in [5.74, 6) is -1.63. The molecule has 1 spiro atoms. The highest BCUT2D eigenvalue weighted by molar-refractivity contribution is 6.08. The largest absolute Gasteiger partial charge is 0.369 e. The van der Waals surface area contributed by atoms with Gasteiger partial charge in [0.25, 0.3) is 0 Å². The topological polar surface area (TPSA) is 41.1 Å². The lowest BCUT2D eigenvalue weighted by Gasteiger charge is -2.26. The molecular formula is C10H8F2N2O. The van der Waals surface area contributed by atoms with E-state index in [1.807, 2.05) is 0 Å². The van der Waals surface area contributed by atoms with Crippen LogP contribution in [0.4, 0.5) is 20.2 Å². The van der Waals surface area contributed by atoms with Crippen molar-refractivity contribution in [3.05, 3.63) is 23.8 Å². The Hall–Kier alpha value is -1.65. The molecule has 1 heterocycles. The normalized spacial score (nSPS) is 20.5. The van der Waals surface area contributed by atoms with Gasteiger partial charge in [0.15, 0.2) is 5.82 Å². The Kier molecular flexibility index (Phi) is 1.43. The monoisotopic (exact) mass is 210 g/mol. The fraction of sp³-hybridized carbons (Fsp3) is 0.300. The third kappa shape index (κ3) is 1.12. The van der Waals surface area contributed by atoms with Gasteiger partial charge in [0.05, 0.1) is 5.69 Å². The van der Waals surface area contributed by atoms with Crippen LogP contribution >= 0.6 is 0 Å². The first-order chi connectivity index (χ1) is 7.11. The van der Waals surface area contributed by atoms with Crippen LogP contribution < -0.4 is 10.6 Å². The van der Waals surface area contributed by atoms with E-state index >= 15 is 0 Å². The summed E-state index contributed by atoms with van der Waals surface area (Å²) in [6.07, 6.45) is 1.41. The lowest BCUT2D eigenvalue weighted by Crippen LogP contribution is -2.41. The van der Waals surface area contributed by atoms with E-state index in [0.29, 0.717) is 18.5 Å². The van der Waals surface area contributed by atoms with Gasteiger partial charge in [-0.1, -0.05) is 0 Å². The first-order valence-electron chi connectivity index (χ1n) is 4.69. The predicted molar refractivity (Wildman–Crippen MR) is 50.6 cm³/mol. The number of benzene rings is 1. The number of carbonyl (C=O) groups is 1. The van der Waals surface area contributed by atoms with Crippen molar-refractivity contribution in [2.24, 2.45) is 0 Å². The van der Waals surface area contributed by atoms with Gasteiger partial charge in [-0.2, -0.15) is 0 Å². The van der Waals surface area contributed by atoms with Gasteiger partial charge in [0.2, 0.25) is 5.91 Å². The number of anilines is 2. The average molecular weight is 210 g/mol. The molecule has 1 amide bonds. The van der Waals surface area contributed by atoms with Gasteiger partial charge < -0.3 is 10.6 Å². The second-order valence-electron chi connectivity index (χ2n) is 3.97. The van der Waals surface area contributed by atoms with Crippen LogP contribution in [0.15, 0.2) is 12.1 Å². The van der Waals surface area contributed by atoms with E-state index in [1.54, 1.807) is 0 Å². The molecule has 1 aliphatic carbocycles. The van der Waals surface area contributed by atoms with E-state index in [1.165, 1.54) is 6.07 Å². The number of nitrogens with one attached hydrogen (secondary N) is 2. The van der Waals surface area contributed by atoms with Crippen LogP contribution in [0, 0.1) is 11.6 Å². The van der Waals surface area contributed by atoms with Crippen LogP contribution in [0.2, 0.25) is 0 Å². The highest BCUT2D eigenvalue weighted by Gasteiger charge is 2.52. The maximum Gasteiger partial charge on any atom is 0.250 e. The smallest absolute Gasteiger partial charge is 0.250 e. The highest BCUT2D eigenvalue weighted by atomic mass is 19.1. The maximum atomic E-state index is 13.3. The Labute approximate surface area is 84.5 Å². The number of hydrogen-bond acceptors (Lipinski definition) is 2. The summed E-state index contributed by atoms with van der Waals surface area (Å²) in [7, 11) is 0. The molecule has 1 aromatic carbocycles. The number of halogens is 2. The molecule has 1 saturated carbocycles. The highest BCUT2D eigenvalue weighted by Crippen LogP contribution is 2.45. The van der Waals surface area contributed by atoms with Crippen LogP contribution in [0.3, 0.4) is 0 Å². The fourth-order valence-corrected chi connectivity index (χ4v) is 1.82. The van der Waals surface area contributed by atoms with E-state index in [2.05, 4.69) is 10.6 Å². The van der Waals surface area contributed by atoms with E-state index in [0.717, 1.165) is 6.07 Å². The first-order valence-corrected chi connectivity index (χ1v) is 4.69. The molecule has 3 nitrogen and oxygen atoms in total. The molecule has 0 radical (unpaired) electrons. The summed E-state index contributed by atoms with van der Waals surface area (Å²) in [6.45, 7) is 0. The molecule has 0 bridgehead atoms. The maximum absolute atomic E-state index is 13.3. The standard InChI is InChI=1S/C10H8F2N2O/c11-5-3-6(12)8-7(4-5)14-10(1-2-10)9(15)13-8/h3-4,14H,1-2H2,(H,13,15). The molecule has 2 aliphatic rings. The average Bonchev–Trinajstić information content (AvgIpc) is 2.90. The first kappa shape index (κ1) is 8.64. The molecule has 1 fully saturated rings. The third-order valence-electron chi connectivity index (χ3n) is 2.85. The number of hydrogen-bond donors (Lipinski definition) is 2. The predicted octanol–water partition coefficient (Wildman–Crippen LogP) is 1.86. The zero-order valence-corrected chi connectivity index (χ0v) is 7.73. The second kappa shape index (κ2) is 2.48. The molecule has 1 aliphatic heterocycles. The van der Waals surface area contributed by atoms with E-state index in [9.17, 15) is 13.6 Å². The van der Waals surface area contributed by atoms with Crippen LogP contribution in [0.1, 0.15) is 12.8 Å². The fourth-order valence-electron chi connectivity index (χ4n) is 1.82. The molecule has 78 valence electrons. The summed E-state index contributed by atoms with van der Waals surface area (Å²) >= 11 is 0. The minimum absolute atomic E-state index is 0.0407. The zero-order chi connectivity index (χ0) is 10.6. The molecule has 15 heavy (non-hydrogen) atoms. The van der Waals surface area contributed by atoms with Crippen molar-refractivity contribution in [2.75, 3.05) is 10.6 Å². The molecule has 0 saturated heterocycles. The molecular weight excluding hydrogens is 202 g/mol. The summed E-state index contributed by atoms with van der Waals surface area (Å²) in [5.41, 5.74) is -0.253. The van der Waals surface area contributed by atoms with Crippen molar-refractivity contribution >= 4 is 17.3 Å². The van der Waals surface area contributed by atoms with Gasteiger partial charge in [-0.3, -0.25) is 4.79 Å². The van der Waals surface area contributed by atoms with Gasteiger partial charge in [0.1, 0.15) is 17.0 Å². The summed E-state index contributed by atoms with van der Waals surface area (Å²) < 4.78 is 26.2. The molecule has 3 rings (SSSR count). The number of fused-ring (bicyclic) bond motifs is 1. The van der Waals surface area contributed by atoms with Gasteiger partial charge in [-0.15, -0.1) is 0 Å². The Bertz CT molecular complexity index is 469. The molecule has 1 aromatic rings. The zero-order valence-electron chi connectivity index (χ0n) is 7.73. The van der Waals surface area contributed by atoms with E-state index < -0.39 is 17.2 Å². The Morgan fingerprint density at radius 1 is 1.27 bits per heavy atom. The van der Waals surface area contributed by atoms with Gasteiger partial charge in [-0.05, 0) is 18.9 Å². The lowest BCUT2D eigenvalue weighted by atomic mass is 10.1. The molecule has 0 aromatic heterocycles. The lowest BCUT2D eigenvalue weighted by molar-refractivity contribution is -0.117. The molecule has 2 N–H and O–H groups in total. The quantitative estimate of drug-likeness (QED) is 0.686. The SMILES string of the molecule is O=C1Nc2c(F)cc(F)cc2NC12CC2. The van der Waals surface area contributed by atoms with Crippen LogP contribution in [-0.4, -0.2) is 11.4 Å². The van der Waals surface area contributed by atoms with Crippen molar-refractivity contribution in [2.45, 2.75) is 18.4 Å². The van der Waals surface area contributed by atoms with Crippen molar-refractivity contribution in [3.63, 3.8) is 0 Å². The van der Waals surface area contributed by atoms with Gasteiger partial charge >= 0.3 is 0 Å². The second-order valence-corrected chi connectivity index (χ2v) is 3.97. The number of carbonyl (C=O) groups excluding carboxylic acids is 1. The van der Waals surface area contributed by atoms with E-state index in [-0.39, 0.29) is 11.6 Å². The Morgan fingerprint density at radius 3 is 2.67 bits per heavy atom. The van der Waals surface area contributed by atoms with Crippen molar-refractivity contribution in [3.8, 4) is 0 Å². The van der Waals surface area contributed by atoms with Crippen LogP contribution in [-0.2, 0) is 4.79 Å². The Morgan fingerprint density at radius 2 is 2.00 bits per heavy atom. The molecule has 0 atom stereocenters. The van der Waals surface area contributed by atoms with Crippen LogP contribution in [0.5, 0.6) is 0 Å². The van der Waals surface area contributed by atoms with Crippen molar-refractivity contribution < 1.29 is 13.6 Å². The number of rotatable bonds is 0. The molecule has 0 unspecified atom stereocenters.